The fraction of sp³-hybridized carbons (Fsp3) is 0.562. The molecule has 2 aliphatic rings. The molecule has 2 saturated heterocycles. The largest absolute Gasteiger partial charge is 0.490 e. The van der Waals surface area contributed by atoms with Crippen LogP contribution in [-0.2, 0) is 9.53 Å². The number of carboxylic acids is 1. The van der Waals surface area contributed by atoms with E-state index in [0.717, 1.165) is 31.9 Å². The summed E-state index contributed by atoms with van der Waals surface area (Å²) in [7, 11) is 0. The molecule has 1 N–H and O–H groups in total. The quantitative estimate of drug-likeness (QED) is 0.808. The van der Waals surface area contributed by atoms with Gasteiger partial charge in [-0.2, -0.15) is 18.2 Å². The van der Waals surface area contributed by atoms with Crippen molar-refractivity contribution in [3.63, 3.8) is 0 Å². The Labute approximate surface area is 157 Å². The molecule has 0 saturated carbocycles. The molecule has 0 aliphatic carbocycles. The summed E-state index contributed by atoms with van der Waals surface area (Å²) in [5.41, 5.74) is 0. The molecule has 0 aromatic carbocycles. The number of halogens is 3. The number of nitrogens with zero attached hydrogens (tertiary/aromatic N) is 5. The highest BCUT2D eigenvalue weighted by molar-refractivity contribution is 5.73. The zero-order chi connectivity index (χ0) is 20.3. The Balaban J connectivity index is 0.000000279. The fourth-order valence-corrected chi connectivity index (χ4v) is 3.17. The molecule has 152 valence electrons. The summed E-state index contributed by atoms with van der Waals surface area (Å²) in [6.45, 7) is 3.60. The minimum absolute atomic E-state index is 0.0714. The molecule has 12 heteroatoms. The highest BCUT2D eigenvalue weighted by atomic mass is 19.4. The van der Waals surface area contributed by atoms with E-state index in [-0.39, 0.29) is 12.2 Å². The number of alkyl halides is 3. The van der Waals surface area contributed by atoms with E-state index >= 15 is 0 Å². The lowest BCUT2D eigenvalue weighted by Gasteiger charge is -2.33. The van der Waals surface area contributed by atoms with Crippen LogP contribution in [0.25, 0.3) is 0 Å². The monoisotopic (exact) mass is 401 g/mol. The second kappa shape index (κ2) is 8.09. The summed E-state index contributed by atoms with van der Waals surface area (Å²) in [6, 6.07) is 1.83. The number of aliphatic carboxylic acids is 1. The first kappa shape index (κ1) is 20.0. The Morgan fingerprint density at radius 3 is 2.57 bits per heavy atom. The zero-order valence-electron chi connectivity index (χ0n) is 14.8. The van der Waals surface area contributed by atoms with Gasteiger partial charge in [-0.15, -0.1) is 0 Å². The van der Waals surface area contributed by atoms with Crippen molar-refractivity contribution in [1.82, 2.24) is 20.1 Å². The molecule has 0 unspecified atom stereocenters. The van der Waals surface area contributed by atoms with Crippen molar-refractivity contribution in [2.45, 2.75) is 38.1 Å². The summed E-state index contributed by atoms with van der Waals surface area (Å²) < 4.78 is 43.1. The van der Waals surface area contributed by atoms with E-state index in [1.54, 1.807) is 12.4 Å². The zero-order valence-corrected chi connectivity index (χ0v) is 14.8. The van der Waals surface area contributed by atoms with E-state index in [1.807, 2.05) is 13.0 Å². The molecule has 0 amide bonds. The minimum Gasteiger partial charge on any atom is -0.475 e. The first-order valence-electron chi connectivity index (χ1n) is 8.51. The summed E-state index contributed by atoms with van der Waals surface area (Å²) in [5.74, 6) is -0.182. The number of hydrogen-bond donors (Lipinski definition) is 1. The summed E-state index contributed by atoms with van der Waals surface area (Å²) in [6.07, 6.45) is 0.599. The van der Waals surface area contributed by atoms with Gasteiger partial charge in [0.2, 0.25) is 5.95 Å². The van der Waals surface area contributed by atoms with Crippen LogP contribution in [0.2, 0.25) is 0 Å². The van der Waals surface area contributed by atoms with Crippen molar-refractivity contribution >= 4 is 11.9 Å². The number of piperidine rings is 1. The first-order valence-corrected chi connectivity index (χ1v) is 8.51. The third kappa shape index (κ3) is 4.74. The van der Waals surface area contributed by atoms with Crippen molar-refractivity contribution in [3.05, 3.63) is 30.2 Å². The van der Waals surface area contributed by atoms with Gasteiger partial charge in [0.15, 0.2) is 5.82 Å². The number of aryl methyl sites for hydroxylation is 1. The standard InChI is InChI=1S/C14H17N5O2.C2HF3O2/c1-9-17-13(21-18-9)11-7-10-3-6-19(8-12(10)20-11)14-15-4-2-5-16-14;3-2(4,5)1(6)7/h2,4-5,10-12H,3,6-8H2,1H3;(H,6,7)/t10-,11+,12+;/m0./s1. The van der Waals surface area contributed by atoms with Crippen molar-refractivity contribution in [2.75, 3.05) is 18.0 Å². The molecule has 3 atom stereocenters. The maximum atomic E-state index is 10.6. The topological polar surface area (TPSA) is 114 Å². The van der Waals surface area contributed by atoms with E-state index in [1.165, 1.54) is 0 Å². The van der Waals surface area contributed by atoms with Gasteiger partial charge in [0.25, 0.3) is 5.89 Å². The number of hydrogen-bond acceptors (Lipinski definition) is 8. The minimum atomic E-state index is -5.08. The van der Waals surface area contributed by atoms with Crippen LogP contribution in [0.4, 0.5) is 19.1 Å². The molecular weight excluding hydrogens is 383 g/mol. The van der Waals surface area contributed by atoms with Gasteiger partial charge in [0.1, 0.15) is 6.10 Å². The Bertz CT molecular complexity index is 801. The van der Waals surface area contributed by atoms with Crippen LogP contribution in [0.5, 0.6) is 0 Å². The molecule has 28 heavy (non-hydrogen) atoms. The molecule has 0 radical (unpaired) electrons. The lowest BCUT2D eigenvalue weighted by Crippen LogP contribution is -2.43. The number of carboxylic acid groups (broad SMARTS) is 1. The molecule has 2 fully saturated rings. The SMILES string of the molecule is Cc1noc([C@H]2C[C@@H]3CCN(c4ncccn4)C[C@H]3O2)n1.O=C(O)C(F)(F)F. The van der Waals surface area contributed by atoms with Gasteiger partial charge in [-0.3, -0.25) is 0 Å². The molecule has 4 rings (SSSR count). The van der Waals surface area contributed by atoms with Crippen LogP contribution in [-0.4, -0.2) is 56.6 Å². The van der Waals surface area contributed by atoms with Gasteiger partial charge >= 0.3 is 12.1 Å². The van der Waals surface area contributed by atoms with E-state index < -0.39 is 12.1 Å². The maximum Gasteiger partial charge on any atom is 0.490 e. The highest BCUT2D eigenvalue weighted by Gasteiger charge is 2.42. The Kier molecular flexibility index (Phi) is 5.77. The van der Waals surface area contributed by atoms with Crippen molar-refractivity contribution < 1.29 is 32.3 Å². The number of fused-ring (bicyclic) bond motifs is 1. The number of ether oxygens (including phenoxy) is 1. The van der Waals surface area contributed by atoms with E-state index in [4.69, 9.17) is 19.2 Å². The summed E-state index contributed by atoms with van der Waals surface area (Å²) in [5, 5.41) is 11.0. The Morgan fingerprint density at radius 2 is 2.00 bits per heavy atom. The van der Waals surface area contributed by atoms with E-state index in [9.17, 15) is 13.2 Å². The third-order valence-electron chi connectivity index (χ3n) is 4.45. The summed E-state index contributed by atoms with van der Waals surface area (Å²) in [4.78, 5) is 24.0. The average Bonchev–Trinajstić information content (AvgIpc) is 3.27. The van der Waals surface area contributed by atoms with Crippen molar-refractivity contribution in [2.24, 2.45) is 5.92 Å². The summed E-state index contributed by atoms with van der Waals surface area (Å²) >= 11 is 0. The van der Waals surface area contributed by atoms with Crippen molar-refractivity contribution in [1.29, 1.82) is 0 Å². The molecule has 2 aromatic heterocycles. The Hall–Kier alpha value is -2.76. The van der Waals surface area contributed by atoms with Crippen LogP contribution in [0.15, 0.2) is 23.0 Å². The second-order valence-electron chi connectivity index (χ2n) is 6.43. The number of anilines is 1. The number of aromatic nitrogens is 4. The molecule has 2 aliphatic heterocycles. The molecule has 4 heterocycles. The van der Waals surface area contributed by atoms with Gasteiger partial charge in [-0.05, 0) is 31.7 Å². The molecule has 2 aromatic rings. The predicted molar refractivity (Wildman–Crippen MR) is 87.3 cm³/mol. The molecular formula is C16H18F3N5O4. The fourth-order valence-electron chi connectivity index (χ4n) is 3.17. The van der Waals surface area contributed by atoms with Crippen molar-refractivity contribution in [3.8, 4) is 0 Å². The van der Waals surface area contributed by atoms with Gasteiger partial charge in [-0.1, -0.05) is 5.16 Å². The number of carbonyl (C=O) groups is 1. The van der Waals surface area contributed by atoms with Gasteiger partial charge in [0.05, 0.1) is 6.10 Å². The maximum absolute atomic E-state index is 10.6. The molecule has 0 bridgehead atoms. The first-order chi connectivity index (χ1) is 13.2. The van der Waals surface area contributed by atoms with Crippen LogP contribution in [0.3, 0.4) is 0 Å². The smallest absolute Gasteiger partial charge is 0.475 e. The average molecular weight is 401 g/mol. The highest BCUT2D eigenvalue weighted by Crippen LogP contribution is 2.40. The van der Waals surface area contributed by atoms with E-state index in [2.05, 4.69) is 25.0 Å². The van der Waals surface area contributed by atoms with E-state index in [0.29, 0.717) is 17.6 Å². The predicted octanol–water partition coefficient (Wildman–Crippen LogP) is 2.16. The lowest BCUT2D eigenvalue weighted by atomic mass is 9.92. The number of rotatable bonds is 2. The molecule has 0 spiro atoms. The van der Waals surface area contributed by atoms with Crippen LogP contribution >= 0.6 is 0 Å². The third-order valence-corrected chi connectivity index (χ3v) is 4.45. The van der Waals surface area contributed by atoms with Crippen LogP contribution in [0, 0.1) is 12.8 Å². The van der Waals surface area contributed by atoms with Gasteiger partial charge < -0.3 is 19.3 Å². The van der Waals surface area contributed by atoms with Gasteiger partial charge in [-0.25, -0.2) is 14.8 Å². The van der Waals surface area contributed by atoms with Crippen LogP contribution in [0.1, 0.15) is 30.7 Å². The lowest BCUT2D eigenvalue weighted by molar-refractivity contribution is -0.192. The van der Waals surface area contributed by atoms with Gasteiger partial charge in [0, 0.05) is 25.5 Å². The van der Waals surface area contributed by atoms with Crippen LogP contribution < -0.4 is 4.90 Å². The molecule has 9 nitrogen and oxygen atoms in total. The Morgan fingerprint density at radius 1 is 1.32 bits per heavy atom. The normalized spacial score (nSPS) is 24.3. The second-order valence-corrected chi connectivity index (χ2v) is 6.43.